The van der Waals surface area contributed by atoms with Crippen molar-refractivity contribution in [3.05, 3.63) is 23.8 Å². The van der Waals surface area contributed by atoms with Crippen molar-refractivity contribution in [1.29, 1.82) is 0 Å². The SMILES string of the molecule is C=CC1=C(C)C(=O)C(OP(=O)([O-])OC)CC1(C)C.CC.[Na+]. The molecule has 1 rings (SSSR count). The number of Topliss-reactive ketones (excluding diaryl/α,β-unsaturated/α-hetero) is 1. The Morgan fingerprint density at radius 2 is 1.90 bits per heavy atom. The zero-order valence-corrected chi connectivity index (χ0v) is 17.0. The molecule has 0 aromatic carbocycles. The van der Waals surface area contributed by atoms with Gasteiger partial charge in [-0.1, -0.05) is 40.3 Å². The molecule has 2 unspecified atom stereocenters. The van der Waals surface area contributed by atoms with E-state index < -0.39 is 13.9 Å². The molecular formula is C14H24NaO5P. The van der Waals surface area contributed by atoms with Gasteiger partial charge in [0.25, 0.3) is 7.82 Å². The van der Waals surface area contributed by atoms with Gasteiger partial charge in [-0.25, -0.2) is 0 Å². The van der Waals surface area contributed by atoms with Crippen LogP contribution in [0.3, 0.4) is 0 Å². The molecule has 0 fully saturated rings. The van der Waals surface area contributed by atoms with E-state index in [9.17, 15) is 14.3 Å². The van der Waals surface area contributed by atoms with Crippen LogP contribution in [-0.2, 0) is 18.4 Å². The maximum Gasteiger partial charge on any atom is 1.00 e. The van der Waals surface area contributed by atoms with Gasteiger partial charge in [-0.2, -0.15) is 0 Å². The third-order valence-corrected chi connectivity index (χ3v) is 4.13. The third-order valence-electron chi connectivity index (χ3n) is 3.17. The first kappa shape index (κ1) is 23.5. The molecule has 7 heteroatoms. The summed E-state index contributed by atoms with van der Waals surface area (Å²) in [6.45, 7) is 13.2. The second-order valence-electron chi connectivity index (χ2n) is 4.92. The summed E-state index contributed by atoms with van der Waals surface area (Å²) in [5.41, 5.74) is 0.950. The Labute approximate surface area is 149 Å². The molecule has 116 valence electrons. The van der Waals surface area contributed by atoms with E-state index in [2.05, 4.69) is 11.1 Å². The molecule has 0 saturated carbocycles. The number of phosphoric ester groups is 1. The molecular weight excluding hydrogens is 302 g/mol. The van der Waals surface area contributed by atoms with Crippen LogP contribution < -0.4 is 34.5 Å². The van der Waals surface area contributed by atoms with Crippen molar-refractivity contribution < 1.29 is 52.9 Å². The molecule has 21 heavy (non-hydrogen) atoms. The number of ketones is 1. The molecule has 0 aromatic heterocycles. The Morgan fingerprint density at radius 1 is 1.43 bits per heavy atom. The van der Waals surface area contributed by atoms with E-state index in [1.807, 2.05) is 27.7 Å². The summed E-state index contributed by atoms with van der Waals surface area (Å²) in [6.07, 6.45) is 0.892. The Morgan fingerprint density at radius 3 is 2.29 bits per heavy atom. The molecule has 0 aliphatic heterocycles. The summed E-state index contributed by atoms with van der Waals surface area (Å²) in [5, 5.41) is 0. The minimum absolute atomic E-state index is 0. The number of carbonyl (C=O) groups is 1. The van der Waals surface area contributed by atoms with Crippen LogP contribution in [0.2, 0.25) is 0 Å². The minimum Gasteiger partial charge on any atom is -0.756 e. The standard InChI is InChI=1S/C12H19O5P.C2H6.Na/c1-6-9-8(2)11(13)10(7-12(9,3)4)17-18(14,15)16-5;1-2;/h6,10H,1,7H2,2-5H3,(H,14,15);1-2H3;/q;;+1/p-1. The number of hydrogen-bond donors (Lipinski definition) is 0. The average molecular weight is 326 g/mol. The van der Waals surface area contributed by atoms with Gasteiger partial charge in [-0.15, -0.1) is 0 Å². The fraction of sp³-hybridized carbons (Fsp3) is 0.643. The van der Waals surface area contributed by atoms with Gasteiger partial charge < -0.3 is 13.9 Å². The summed E-state index contributed by atoms with van der Waals surface area (Å²) in [6, 6.07) is 0. The number of allylic oxidation sites excluding steroid dienone is 2. The third kappa shape index (κ3) is 6.11. The molecule has 0 radical (unpaired) electrons. The first-order valence-electron chi connectivity index (χ1n) is 6.58. The topological polar surface area (TPSA) is 75.7 Å². The molecule has 5 nitrogen and oxygen atoms in total. The molecule has 0 N–H and O–H groups in total. The predicted molar refractivity (Wildman–Crippen MR) is 77.1 cm³/mol. The van der Waals surface area contributed by atoms with Crippen LogP contribution in [0, 0.1) is 5.41 Å². The molecule has 0 heterocycles. The van der Waals surface area contributed by atoms with Gasteiger partial charge in [0.2, 0.25) is 0 Å². The van der Waals surface area contributed by atoms with Crippen molar-refractivity contribution in [2.45, 2.75) is 47.1 Å². The summed E-state index contributed by atoms with van der Waals surface area (Å²) in [4.78, 5) is 23.3. The van der Waals surface area contributed by atoms with Crippen molar-refractivity contribution in [3.63, 3.8) is 0 Å². The van der Waals surface area contributed by atoms with Crippen molar-refractivity contribution >= 4 is 13.6 Å². The van der Waals surface area contributed by atoms with Gasteiger partial charge in [0, 0.05) is 7.11 Å². The number of phosphoric acid groups is 1. The Balaban J connectivity index is 0. The maximum absolute atomic E-state index is 12.0. The summed E-state index contributed by atoms with van der Waals surface area (Å²) in [5.74, 6) is -0.336. The van der Waals surface area contributed by atoms with Crippen molar-refractivity contribution in [2.75, 3.05) is 7.11 Å². The van der Waals surface area contributed by atoms with Crippen LogP contribution >= 0.6 is 7.82 Å². The van der Waals surface area contributed by atoms with E-state index in [0.29, 0.717) is 5.57 Å². The zero-order valence-electron chi connectivity index (χ0n) is 14.1. The molecule has 0 saturated heterocycles. The summed E-state index contributed by atoms with van der Waals surface area (Å²) >= 11 is 0. The molecule has 0 spiro atoms. The first-order valence-corrected chi connectivity index (χ1v) is 8.04. The van der Waals surface area contributed by atoms with E-state index in [0.717, 1.165) is 12.7 Å². The van der Waals surface area contributed by atoms with E-state index in [1.54, 1.807) is 13.0 Å². The van der Waals surface area contributed by atoms with Gasteiger partial charge in [0.05, 0.1) is 0 Å². The molecule has 1 aliphatic carbocycles. The number of hydrogen-bond acceptors (Lipinski definition) is 5. The van der Waals surface area contributed by atoms with Crippen molar-refractivity contribution in [1.82, 2.24) is 0 Å². The Bertz CT molecular complexity index is 456. The first-order chi connectivity index (χ1) is 9.14. The fourth-order valence-corrected chi connectivity index (χ4v) is 2.83. The van der Waals surface area contributed by atoms with Gasteiger partial charge in [0.1, 0.15) is 6.10 Å². The van der Waals surface area contributed by atoms with E-state index in [4.69, 9.17) is 4.52 Å². The van der Waals surface area contributed by atoms with Gasteiger partial charge in [-0.3, -0.25) is 9.36 Å². The quantitative estimate of drug-likeness (QED) is 0.538. The van der Waals surface area contributed by atoms with Crippen LogP contribution in [0.25, 0.3) is 0 Å². The van der Waals surface area contributed by atoms with Crippen LogP contribution in [0.1, 0.15) is 41.0 Å². The zero-order chi connectivity index (χ0) is 16.1. The van der Waals surface area contributed by atoms with E-state index in [-0.39, 0.29) is 47.2 Å². The molecule has 0 aromatic rings. The van der Waals surface area contributed by atoms with E-state index >= 15 is 0 Å². The molecule has 0 amide bonds. The van der Waals surface area contributed by atoms with Crippen LogP contribution in [0.5, 0.6) is 0 Å². The average Bonchev–Trinajstić information content (AvgIpc) is 2.38. The number of carbonyl (C=O) groups excluding carboxylic acids is 1. The minimum atomic E-state index is -4.41. The van der Waals surface area contributed by atoms with Crippen LogP contribution in [0.4, 0.5) is 0 Å². The number of rotatable bonds is 4. The van der Waals surface area contributed by atoms with Gasteiger partial charge in [0.15, 0.2) is 5.78 Å². The van der Waals surface area contributed by atoms with Crippen molar-refractivity contribution in [3.8, 4) is 0 Å². The Hall–Kier alpha value is 0.260. The van der Waals surface area contributed by atoms with Crippen LogP contribution in [0.15, 0.2) is 23.8 Å². The molecule has 1 aliphatic rings. The fourth-order valence-electron chi connectivity index (χ4n) is 2.26. The largest absolute Gasteiger partial charge is 1.00 e. The summed E-state index contributed by atoms with van der Waals surface area (Å²) in [7, 11) is -3.41. The van der Waals surface area contributed by atoms with Crippen molar-refractivity contribution in [2.24, 2.45) is 5.41 Å². The second-order valence-corrected chi connectivity index (χ2v) is 6.39. The molecule has 0 bridgehead atoms. The van der Waals surface area contributed by atoms with Crippen LogP contribution in [-0.4, -0.2) is 19.0 Å². The summed E-state index contributed by atoms with van der Waals surface area (Å²) < 4.78 is 20.3. The van der Waals surface area contributed by atoms with Gasteiger partial charge in [-0.05, 0) is 29.9 Å². The van der Waals surface area contributed by atoms with E-state index in [1.165, 1.54) is 0 Å². The normalized spacial score (nSPS) is 23.4. The molecule has 2 atom stereocenters. The van der Waals surface area contributed by atoms with Gasteiger partial charge >= 0.3 is 29.6 Å². The predicted octanol–water partition coefficient (Wildman–Crippen LogP) is 0.0181. The second kappa shape index (κ2) is 9.41. The smallest absolute Gasteiger partial charge is 0.756 e. The maximum atomic E-state index is 12.0. The monoisotopic (exact) mass is 326 g/mol. The Kier molecular flexibility index (Phi) is 10.5.